The van der Waals surface area contributed by atoms with Gasteiger partial charge in [-0.2, -0.15) is 5.26 Å². The van der Waals surface area contributed by atoms with E-state index in [4.69, 9.17) is 13.1 Å². The lowest BCUT2D eigenvalue weighted by atomic mass is 10.0. The Morgan fingerprint density at radius 3 is 3.10 bits per heavy atom. The smallest absolute Gasteiger partial charge is 0.141 e. The molecule has 10 heavy (non-hydrogen) atoms. The lowest BCUT2D eigenvalue weighted by Gasteiger charge is -1.93. The molecule has 0 spiro atoms. The van der Waals surface area contributed by atoms with Crippen molar-refractivity contribution in [2.45, 2.75) is 6.42 Å². The quantitative estimate of drug-likeness (QED) is 0.496. The van der Waals surface area contributed by atoms with Crippen molar-refractivity contribution in [1.29, 1.82) is 5.26 Å². The molecular formula is C7H5BN2. The predicted molar refractivity (Wildman–Crippen MR) is 38.9 cm³/mol. The van der Waals surface area contributed by atoms with E-state index in [9.17, 15) is 0 Å². The van der Waals surface area contributed by atoms with Crippen LogP contribution in [0.15, 0.2) is 18.3 Å². The standard InChI is InChI=1S/C7H5BN2/c8-7-5-6(1-3-9)2-4-10-7/h2,4-5H,1H2. The number of nitrogens with zero attached hydrogens (tertiary/aromatic N) is 2. The highest BCUT2D eigenvalue weighted by molar-refractivity contribution is 6.30. The summed E-state index contributed by atoms with van der Waals surface area (Å²) in [6.45, 7) is 0. The van der Waals surface area contributed by atoms with E-state index in [1.165, 1.54) is 0 Å². The van der Waals surface area contributed by atoms with Crippen molar-refractivity contribution in [1.82, 2.24) is 4.98 Å². The van der Waals surface area contributed by atoms with E-state index in [1.807, 2.05) is 6.07 Å². The summed E-state index contributed by atoms with van der Waals surface area (Å²) in [5.41, 5.74) is 1.38. The molecule has 46 valence electrons. The molecule has 0 N–H and O–H groups in total. The highest BCUT2D eigenvalue weighted by Gasteiger charge is 1.89. The minimum atomic E-state index is 0.396. The molecule has 1 aromatic heterocycles. The zero-order valence-corrected chi connectivity index (χ0v) is 5.41. The van der Waals surface area contributed by atoms with Gasteiger partial charge in [0.2, 0.25) is 0 Å². The molecule has 3 heteroatoms. The van der Waals surface area contributed by atoms with Gasteiger partial charge >= 0.3 is 0 Å². The van der Waals surface area contributed by atoms with Gasteiger partial charge in [0.1, 0.15) is 7.85 Å². The monoisotopic (exact) mass is 128 g/mol. The molecule has 0 aliphatic heterocycles. The van der Waals surface area contributed by atoms with Crippen LogP contribution in [0.5, 0.6) is 0 Å². The van der Waals surface area contributed by atoms with E-state index in [-0.39, 0.29) is 0 Å². The van der Waals surface area contributed by atoms with Gasteiger partial charge in [0.25, 0.3) is 0 Å². The molecule has 2 nitrogen and oxygen atoms in total. The fourth-order valence-corrected chi connectivity index (χ4v) is 0.696. The number of pyridine rings is 1. The molecule has 2 radical (unpaired) electrons. The molecule has 0 aromatic carbocycles. The van der Waals surface area contributed by atoms with Gasteiger partial charge in [0.05, 0.1) is 12.5 Å². The van der Waals surface area contributed by atoms with Crippen LogP contribution in [-0.4, -0.2) is 12.8 Å². The Kier molecular flexibility index (Phi) is 2.06. The Morgan fingerprint density at radius 1 is 1.70 bits per heavy atom. The van der Waals surface area contributed by atoms with E-state index < -0.39 is 0 Å². The zero-order chi connectivity index (χ0) is 7.40. The van der Waals surface area contributed by atoms with E-state index in [2.05, 4.69) is 4.98 Å². The highest BCUT2D eigenvalue weighted by atomic mass is 14.6. The third-order valence-electron chi connectivity index (χ3n) is 1.13. The van der Waals surface area contributed by atoms with Crippen LogP contribution in [0.2, 0.25) is 0 Å². The summed E-state index contributed by atoms with van der Waals surface area (Å²) in [5, 5.41) is 8.30. The maximum absolute atomic E-state index is 8.30. The van der Waals surface area contributed by atoms with E-state index >= 15 is 0 Å². The predicted octanol–water partition coefficient (Wildman–Crippen LogP) is -0.0585. The third kappa shape index (κ3) is 1.59. The minimum Gasteiger partial charge on any atom is -0.273 e. The van der Waals surface area contributed by atoms with Crippen LogP contribution in [0.1, 0.15) is 5.56 Å². The number of hydrogen-bond donors (Lipinski definition) is 0. The Bertz CT molecular complexity index is 265. The molecule has 0 saturated heterocycles. The maximum atomic E-state index is 8.30. The summed E-state index contributed by atoms with van der Waals surface area (Å²) in [4.78, 5) is 3.79. The number of aromatic nitrogens is 1. The summed E-state index contributed by atoms with van der Waals surface area (Å²) < 4.78 is 0. The first-order chi connectivity index (χ1) is 4.83. The second-order valence-corrected chi connectivity index (χ2v) is 1.92. The van der Waals surface area contributed by atoms with Gasteiger partial charge in [-0.25, -0.2) is 0 Å². The summed E-state index contributed by atoms with van der Waals surface area (Å²) in [6.07, 6.45) is 1.99. The molecule has 1 aromatic rings. The molecule has 0 fully saturated rings. The van der Waals surface area contributed by atoms with Crippen molar-refractivity contribution >= 4 is 13.4 Å². The Labute approximate surface area is 60.9 Å². The average Bonchev–Trinajstić information content (AvgIpc) is 1.88. The van der Waals surface area contributed by atoms with Crippen LogP contribution >= 0.6 is 0 Å². The van der Waals surface area contributed by atoms with Crippen molar-refractivity contribution < 1.29 is 0 Å². The fourth-order valence-electron chi connectivity index (χ4n) is 0.696. The molecule has 1 heterocycles. The highest BCUT2D eigenvalue weighted by Crippen LogP contribution is 1.93. The van der Waals surface area contributed by atoms with Gasteiger partial charge in [-0.15, -0.1) is 0 Å². The largest absolute Gasteiger partial charge is 0.273 e. The summed E-state index contributed by atoms with van der Waals surface area (Å²) >= 11 is 0. The van der Waals surface area contributed by atoms with E-state index in [1.54, 1.807) is 18.3 Å². The maximum Gasteiger partial charge on any atom is 0.141 e. The fraction of sp³-hybridized carbons (Fsp3) is 0.143. The van der Waals surface area contributed by atoms with Gasteiger partial charge in [-0.05, 0) is 23.3 Å². The average molecular weight is 128 g/mol. The summed E-state index contributed by atoms with van der Waals surface area (Å²) in [6, 6.07) is 5.50. The Hall–Kier alpha value is -1.30. The number of rotatable bonds is 1. The van der Waals surface area contributed by atoms with Gasteiger partial charge in [0.15, 0.2) is 0 Å². The zero-order valence-electron chi connectivity index (χ0n) is 5.41. The van der Waals surface area contributed by atoms with Crippen molar-refractivity contribution in [2.75, 3.05) is 0 Å². The minimum absolute atomic E-state index is 0.396. The molecule has 0 unspecified atom stereocenters. The molecule has 0 aliphatic rings. The van der Waals surface area contributed by atoms with E-state index in [0.29, 0.717) is 12.0 Å². The topological polar surface area (TPSA) is 36.7 Å². The lowest BCUT2D eigenvalue weighted by molar-refractivity contribution is 1.23. The summed E-state index contributed by atoms with van der Waals surface area (Å²) in [5.74, 6) is 0. The van der Waals surface area contributed by atoms with Crippen LogP contribution in [-0.2, 0) is 6.42 Å². The first kappa shape index (κ1) is 6.82. The molecule has 0 saturated carbocycles. The Morgan fingerprint density at radius 2 is 2.50 bits per heavy atom. The van der Waals surface area contributed by atoms with Crippen molar-refractivity contribution in [3.63, 3.8) is 0 Å². The van der Waals surface area contributed by atoms with Crippen molar-refractivity contribution in [2.24, 2.45) is 0 Å². The van der Waals surface area contributed by atoms with Crippen LogP contribution in [0, 0.1) is 11.3 Å². The van der Waals surface area contributed by atoms with Crippen LogP contribution < -0.4 is 5.59 Å². The van der Waals surface area contributed by atoms with Gasteiger partial charge in [0, 0.05) is 6.20 Å². The SMILES string of the molecule is [B]c1cc(CC#N)ccn1. The lowest BCUT2D eigenvalue weighted by Crippen LogP contribution is -2.07. The summed E-state index contributed by atoms with van der Waals surface area (Å²) in [7, 11) is 5.37. The molecular weight excluding hydrogens is 123 g/mol. The van der Waals surface area contributed by atoms with Crippen molar-refractivity contribution in [3.05, 3.63) is 23.9 Å². The normalized spacial score (nSPS) is 8.70. The molecule has 0 amide bonds. The number of hydrogen-bond acceptors (Lipinski definition) is 2. The van der Waals surface area contributed by atoms with Gasteiger partial charge in [-0.1, -0.05) is 0 Å². The first-order valence-corrected chi connectivity index (χ1v) is 2.90. The first-order valence-electron chi connectivity index (χ1n) is 2.90. The molecule has 1 rings (SSSR count). The molecule has 0 aliphatic carbocycles. The third-order valence-corrected chi connectivity index (χ3v) is 1.13. The Balaban J connectivity index is 2.87. The van der Waals surface area contributed by atoms with Crippen molar-refractivity contribution in [3.8, 4) is 6.07 Å². The van der Waals surface area contributed by atoms with Crippen LogP contribution in [0.3, 0.4) is 0 Å². The second kappa shape index (κ2) is 3.02. The molecule has 0 atom stereocenters. The second-order valence-electron chi connectivity index (χ2n) is 1.92. The van der Waals surface area contributed by atoms with E-state index in [0.717, 1.165) is 5.56 Å². The van der Waals surface area contributed by atoms with Gasteiger partial charge in [-0.3, -0.25) is 4.98 Å². The number of nitriles is 1. The van der Waals surface area contributed by atoms with Gasteiger partial charge < -0.3 is 0 Å². The molecule has 0 bridgehead atoms. The van der Waals surface area contributed by atoms with Crippen LogP contribution in [0.25, 0.3) is 0 Å². The van der Waals surface area contributed by atoms with Crippen LogP contribution in [0.4, 0.5) is 0 Å².